The van der Waals surface area contributed by atoms with E-state index in [2.05, 4.69) is 4.98 Å². The monoisotopic (exact) mass is 466 g/mol. The van der Waals surface area contributed by atoms with Gasteiger partial charge in [-0.25, -0.2) is 10.2 Å². The number of halogens is 3. The number of pyridine rings is 1. The van der Waals surface area contributed by atoms with Gasteiger partial charge < -0.3 is 19.4 Å². The number of hydrogen-bond donors (Lipinski definition) is 1. The van der Waals surface area contributed by atoms with Gasteiger partial charge in [0.2, 0.25) is 0 Å². The van der Waals surface area contributed by atoms with E-state index in [1.165, 1.54) is 18.2 Å². The SMILES string of the molecule is O=C(c1cc([N+](=O)O)ccc1N1CCOCC1)N1CCN(c2ccc(C(F)(F)F)cn2)CC1. The average molecular weight is 466 g/mol. The molecule has 1 aromatic heterocycles. The molecule has 12 heteroatoms. The molecule has 2 aromatic rings. The van der Waals surface area contributed by atoms with Crippen LogP contribution in [-0.4, -0.2) is 78.4 Å². The minimum absolute atomic E-state index is 0.0528. The van der Waals surface area contributed by atoms with Gasteiger partial charge in [-0.1, -0.05) is 0 Å². The number of aromatic nitrogens is 1. The number of anilines is 2. The van der Waals surface area contributed by atoms with E-state index in [4.69, 9.17) is 4.74 Å². The highest BCUT2D eigenvalue weighted by molar-refractivity contribution is 6.00. The van der Waals surface area contributed by atoms with Gasteiger partial charge in [0.15, 0.2) is 0 Å². The van der Waals surface area contributed by atoms with Crippen LogP contribution in [0.25, 0.3) is 0 Å². The van der Waals surface area contributed by atoms with Crippen molar-refractivity contribution >= 4 is 23.1 Å². The Labute approximate surface area is 187 Å². The molecule has 0 aliphatic carbocycles. The molecule has 0 atom stereocenters. The zero-order valence-electron chi connectivity index (χ0n) is 17.7. The standard InChI is InChI=1S/C21H23F3N5O4/c22-21(23,24)15-1-4-19(25-14-15)27-5-7-28(8-6-27)20(30)17-13-16(29(31)32)2-3-18(17)26-9-11-33-12-10-26/h1-4,13-14H,5-12H2,(H,31,32)/q+1. The van der Waals surface area contributed by atoms with E-state index >= 15 is 0 Å². The number of hydrogen-bond acceptors (Lipinski definition) is 6. The lowest BCUT2D eigenvalue weighted by Gasteiger charge is -2.36. The van der Waals surface area contributed by atoms with E-state index in [-0.39, 0.29) is 16.5 Å². The van der Waals surface area contributed by atoms with Gasteiger partial charge in [-0.05, 0) is 18.2 Å². The number of carbonyl (C=O) groups is 1. The van der Waals surface area contributed by atoms with Crippen LogP contribution in [0.15, 0.2) is 36.5 Å². The molecule has 176 valence electrons. The summed E-state index contributed by atoms with van der Waals surface area (Å²) in [6.45, 7) is 3.65. The van der Waals surface area contributed by atoms with E-state index in [0.717, 1.165) is 12.3 Å². The lowest BCUT2D eigenvalue weighted by atomic mass is 10.1. The van der Waals surface area contributed by atoms with Crippen molar-refractivity contribution in [3.63, 3.8) is 0 Å². The highest BCUT2D eigenvalue weighted by Gasteiger charge is 2.32. The molecule has 4 rings (SSSR count). The summed E-state index contributed by atoms with van der Waals surface area (Å²) >= 11 is 0. The number of amides is 1. The first-order valence-corrected chi connectivity index (χ1v) is 10.4. The number of ether oxygens (including phenoxy) is 1. The molecule has 0 bridgehead atoms. The number of alkyl halides is 3. The Morgan fingerprint density at radius 3 is 2.27 bits per heavy atom. The lowest BCUT2D eigenvalue weighted by molar-refractivity contribution is -0.729. The fourth-order valence-electron chi connectivity index (χ4n) is 3.94. The number of morpholine rings is 1. The Bertz CT molecular complexity index is 1020. The van der Waals surface area contributed by atoms with Crippen molar-refractivity contribution in [3.8, 4) is 0 Å². The first-order chi connectivity index (χ1) is 15.7. The van der Waals surface area contributed by atoms with Gasteiger partial charge in [-0.3, -0.25) is 4.79 Å². The number of nitrogens with zero attached hydrogens (tertiary/aromatic N) is 5. The second-order valence-corrected chi connectivity index (χ2v) is 7.76. The predicted molar refractivity (Wildman–Crippen MR) is 112 cm³/mol. The molecular weight excluding hydrogens is 443 g/mol. The van der Waals surface area contributed by atoms with Crippen molar-refractivity contribution in [2.75, 3.05) is 62.3 Å². The summed E-state index contributed by atoms with van der Waals surface area (Å²) in [6, 6.07) is 6.76. The fourth-order valence-corrected chi connectivity index (χ4v) is 3.94. The Hall–Kier alpha value is -3.41. The Morgan fingerprint density at radius 2 is 1.70 bits per heavy atom. The topological polar surface area (TPSA) is 89.2 Å². The number of benzene rings is 1. The maximum atomic E-state index is 13.3. The molecule has 0 radical (unpaired) electrons. The minimum atomic E-state index is -4.45. The molecule has 1 aromatic carbocycles. The van der Waals surface area contributed by atoms with E-state index < -0.39 is 11.7 Å². The summed E-state index contributed by atoms with van der Waals surface area (Å²) in [5, 5.41) is 9.31. The van der Waals surface area contributed by atoms with Gasteiger partial charge in [0.1, 0.15) is 5.82 Å². The summed E-state index contributed by atoms with van der Waals surface area (Å²) in [4.78, 5) is 33.8. The van der Waals surface area contributed by atoms with E-state index in [9.17, 15) is 28.1 Å². The Kier molecular flexibility index (Phi) is 6.36. The van der Waals surface area contributed by atoms with Crippen molar-refractivity contribution in [1.82, 2.24) is 9.88 Å². The van der Waals surface area contributed by atoms with Crippen LogP contribution in [0.3, 0.4) is 0 Å². The summed E-state index contributed by atoms with van der Waals surface area (Å²) in [5.41, 5.74) is 0.0842. The molecule has 9 nitrogen and oxygen atoms in total. The molecule has 1 N–H and O–H groups in total. The second kappa shape index (κ2) is 9.22. The largest absolute Gasteiger partial charge is 0.417 e. The maximum Gasteiger partial charge on any atom is 0.417 e. The third-order valence-electron chi connectivity index (χ3n) is 5.75. The van der Waals surface area contributed by atoms with Crippen molar-refractivity contribution < 1.29 is 32.8 Å². The van der Waals surface area contributed by atoms with Crippen molar-refractivity contribution in [2.45, 2.75) is 6.18 Å². The van der Waals surface area contributed by atoms with Gasteiger partial charge in [-0.15, -0.1) is 0 Å². The lowest BCUT2D eigenvalue weighted by Crippen LogP contribution is -2.49. The third kappa shape index (κ3) is 5.00. The third-order valence-corrected chi connectivity index (χ3v) is 5.75. The van der Waals surface area contributed by atoms with E-state index in [1.54, 1.807) is 11.0 Å². The molecule has 1 amide bonds. The summed E-state index contributed by atoms with van der Waals surface area (Å²) in [7, 11) is 0. The summed E-state index contributed by atoms with van der Waals surface area (Å²) in [6.07, 6.45) is -3.64. The van der Waals surface area contributed by atoms with Gasteiger partial charge in [-0.2, -0.15) is 13.2 Å². The summed E-state index contributed by atoms with van der Waals surface area (Å²) < 4.78 is 43.7. The zero-order chi connectivity index (χ0) is 23.6. The normalized spacial score (nSPS) is 17.2. The van der Waals surface area contributed by atoms with Gasteiger partial charge in [0.05, 0.1) is 34.9 Å². The van der Waals surface area contributed by atoms with Crippen molar-refractivity contribution in [3.05, 3.63) is 52.6 Å². The van der Waals surface area contributed by atoms with Crippen LogP contribution in [0, 0.1) is 4.91 Å². The molecule has 2 fully saturated rings. The minimum Gasteiger partial charge on any atom is -0.378 e. The Balaban J connectivity index is 1.49. The predicted octanol–water partition coefficient (Wildman–Crippen LogP) is 2.70. The number of rotatable bonds is 4. The van der Waals surface area contributed by atoms with Crippen LogP contribution in [0.2, 0.25) is 0 Å². The molecule has 3 heterocycles. The van der Waals surface area contributed by atoms with Crippen LogP contribution in [-0.2, 0) is 10.9 Å². The maximum absolute atomic E-state index is 13.3. The molecule has 0 unspecified atom stereocenters. The molecule has 0 saturated carbocycles. The van der Waals surface area contributed by atoms with E-state index in [0.29, 0.717) is 69.6 Å². The molecule has 2 saturated heterocycles. The number of piperazine rings is 1. The first-order valence-electron chi connectivity index (χ1n) is 10.4. The first kappa shape index (κ1) is 22.8. The van der Waals surface area contributed by atoms with Gasteiger partial charge in [0.25, 0.3) is 10.8 Å². The molecular formula is C21H23F3N5O4+. The zero-order valence-corrected chi connectivity index (χ0v) is 17.7. The number of carbonyl (C=O) groups excluding carboxylic acids is 1. The smallest absolute Gasteiger partial charge is 0.378 e. The molecule has 2 aliphatic heterocycles. The fraction of sp³-hybridized carbons (Fsp3) is 0.429. The average Bonchev–Trinajstić information content (AvgIpc) is 2.83. The highest BCUT2D eigenvalue weighted by Crippen LogP contribution is 2.30. The molecule has 0 spiro atoms. The van der Waals surface area contributed by atoms with Crippen LogP contribution in [0.1, 0.15) is 15.9 Å². The van der Waals surface area contributed by atoms with E-state index in [1.807, 2.05) is 9.80 Å². The van der Waals surface area contributed by atoms with Gasteiger partial charge >= 0.3 is 11.9 Å². The van der Waals surface area contributed by atoms with Gasteiger partial charge in [0, 0.05) is 57.6 Å². The quantitative estimate of drug-likeness (QED) is 0.693. The van der Waals surface area contributed by atoms with Crippen LogP contribution in [0.5, 0.6) is 0 Å². The van der Waals surface area contributed by atoms with Crippen molar-refractivity contribution in [2.24, 2.45) is 0 Å². The highest BCUT2D eigenvalue weighted by atomic mass is 19.4. The van der Waals surface area contributed by atoms with Crippen LogP contribution >= 0.6 is 0 Å². The van der Waals surface area contributed by atoms with Crippen LogP contribution in [0.4, 0.5) is 30.4 Å². The van der Waals surface area contributed by atoms with Crippen LogP contribution < -0.4 is 9.80 Å². The molecule has 2 aliphatic rings. The molecule has 33 heavy (non-hydrogen) atoms. The van der Waals surface area contributed by atoms with Crippen molar-refractivity contribution in [1.29, 1.82) is 0 Å². The summed E-state index contributed by atoms with van der Waals surface area (Å²) in [5.74, 6) is 0.119. The Morgan fingerprint density at radius 1 is 1.00 bits per heavy atom. The second-order valence-electron chi connectivity index (χ2n) is 7.76.